The van der Waals surface area contributed by atoms with Crippen LogP contribution in [0.25, 0.3) is 10.8 Å². The average molecular weight is 578 g/mol. The van der Waals surface area contributed by atoms with Crippen molar-refractivity contribution in [3.63, 3.8) is 0 Å². The van der Waals surface area contributed by atoms with E-state index in [2.05, 4.69) is 5.09 Å². The highest BCUT2D eigenvalue weighted by Gasteiger charge is 2.40. The third kappa shape index (κ3) is 6.51. The zero-order chi connectivity index (χ0) is 28.4. The van der Waals surface area contributed by atoms with Crippen LogP contribution in [-0.4, -0.2) is 52.1 Å². The minimum Gasteiger partial charge on any atom is -0.464 e. The van der Waals surface area contributed by atoms with Crippen LogP contribution >= 0.6 is 7.75 Å². The fourth-order valence-electron chi connectivity index (χ4n) is 4.28. The summed E-state index contributed by atoms with van der Waals surface area (Å²) in [5.74, 6) is -1.26. The van der Waals surface area contributed by atoms with E-state index in [9.17, 15) is 28.4 Å². The first-order valence-corrected chi connectivity index (χ1v) is 14.4. The zero-order valence-electron chi connectivity index (χ0n) is 21.5. The van der Waals surface area contributed by atoms with Crippen LogP contribution in [0.15, 0.2) is 58.3 Å². The number of ether oxygens (including phenoxy) is 2. The molecule has 40 heavy (non-hydrogen) atoms. The summed E-state index contributed by atoms with van der Waals surface area (Å²) in [6, 6.07) is 11.4. The van der Waals surface area contributed by atoms with Gasteiger partial charge in [0, 0.05) is 11.8 Å². The summed E-state index contributed by atoms with van der Waals surface area (Å²) in [6.45, 7) is 1.26. The number of esters is 1. The molecule has 2 aromatic carbocycles. The summed E-state index contributed by atoms with van der Waals surface area (Å²) >= 11 is 0. The van der Waals surface area contributed by atoms with Gasteiger partial charge in [-0.2, -0.15) is 9.48 Å². The molecular weight excluding hydrogens is 548 g/mol. The van der Waals surface area contributed by atoms with E-state index in [4.69, 9.17) is 18.5 Å². The Balaban J connectivity index is 1.33. The smallest absolute Gasteiger partial charge is 0.459 e. The Bertz CT molecular complexity index is 1550. The van der Waals surface area contributed by atoms with Crippen molar-refractivity contribution < 1.29 is 37.4 Å². The van der Waals surface area contributed by atoms with Crippen LogP contribution < -0.4 is 20.9 Å². The maximum absolute atomic E-state index is 14.0. The molecule has 0 bridgehead atoms. The van der Waals surface area contributed by atoms with Crippen LogP contribution in [0.5, 0.6) is 5.75 Å². The van der Waals surface area contributed by atoms with Gasteiger partial charge in [0.05, 0.1) is 25.5 Å². The van der Waals surface area contributed by atoms with Gasteiger partial charge in [0.15, 0.2) is 0 Å². The molecule has 1 aliphatic heterocycles. The molecule has 1 aliphatic carbocycles. The van der Waals surface area contributed by atoms with Crippen molar-refractivity contribution in [2.24, 2.45) is 5.92 Å². The number of hydrogen-bond acceptors (Lipinski definition) is 9. The first kappa shape index (κ1) is 28.2. The van der Waals surface area contributed by atoms with Crippen molar-refractivity contribution in [1.29, 1.82) is 0 Å². The molecule has 5 rings (SSSR count). The van der Waals surface area contributed by atoms with Gasteiger partial charge < -0.3 is 19.1 Å². The molecule has 2 heterocycles. The second-order valence-electron chi connectivity index (χ2n) is 9.86. The van der Waals surface area contributed by atoms with Gasteiger partial charge in [-0.1, -0.05) is 36.4 Å². The van der Waals surface area contributed by atoms with E-state index in [1.807, 2.05) is 23.2 Å². The van der Waals surface area contributed by atoms with Crippen molar-refractivity contribution in [2.75, 3.05) is 13.2 Å². The van der Waals surface area contributed by atoms with Gasteiger partial charge in [-0.25, -0.2) is 9.36 Å². The van der Waals surface area contributed by atoms with Gasteiger partial charge in [-0.15, -0.1) is 0 Å². The maximum atomic E-state index is 14.0. The molecule has 3 aromatic rings. The van der Waals surface area contributed by atoms with Crippen molar-refractivity contribution in [1.82, 2.24) is 14.6 Å². The van der Waals surface area contributed by atoms with E-state index in [0.717, 1.165) is 22.8 Å². The largest absolute Gasteiger partial charge is 0.464 e. The van der Waals surface area contributed by atoms with Gasteiger partial charge in [-0.05, 0) is 37.1 Å². The molecule has 1 saturated carbocycles. The summed E-state index contributed by atoms with van der Waals surface area (Å²) in [7, 11) is -4.30. The lowest BCUT2D eigenvalue weighted by molar-refractivity contribution is -0.145. The molecular formula is C26H29FN3O9P. The average Bonchev–Trinajstić information content (AvgIpc) is 3.68. The SMILES string of the molecule is C[C@H](NP(=O)(OCC1O[C@@H](n2cc(F)c(=O)[nH]c2=O)C[C@H]1O)Oc1cccc2ccccc12)C(=O)OCC1CC1. The molecule has 1 aromatic heterocycles. The first-order chi connectivity index (χ1) is 19.1. The highest BCUT2D eigenvalue weighted by Crippen LogP contribution is 2.47. The second-order valence-corrected chi connectivity index (χ2v) is 11.6. The third-order valence-electron chi connectivity index (χ3n) is 6.68. The number of aromatic amines is 1. The van der Waals surface area contributed by atoms with Crippen molar-refractivity contribution in [2.45, 2.75) is 50.7 Å². The number of aliphatic hydroxyl groups excluding tert-OH is 1. The molecule has 2 fully saturated rings. The number of H-pyrrole nitrogens is 1. The maximum Gasteiger partial charge on any atom is 0.459 e. The number of nitrogens with zero attached hydrogens (tertiary/aromatic N) is 1. The number of rotatable bonds is 11. The van der Waals surface area contributed by atoms with E-state index in [1.165, 1.54) is 6.92 Å². The van der Waals surface area contributed by atoms with E-state index >= 15 is 0 Å². The minimum atomic E-state index is -4.30. The van der Waals surface area contributed by atoms with Crippen LogP contribution in [0.2, 0.25) is 0 Å². The Kier molecular flexibility index (Phi) is 8.20. The highest BCUT2D eigenvalue weighted by atomic mass is 31.2. The number of aromatic nitrogens is 2. The molecule has 0 spiro atoms. The lowest BCUT2D eigenvalue weighted by Gasteiger charge is -2.25. The predicted octanol–water partition coefficient (Wildman–Crippen LogP) is 2.61. The zero-order valence-corrected chi connectivity index (χ0v) is 22.4. The van der Waals surface area contributed by atoms with Crippen LogP contribution in [-0.2, 0) is 23.4 Å². The van der Waals surface area contributed by atoms with E-state index in [1.54, 1.807) is 24.3 Å². The number of aliphatic hydroxyl groups is 1. The van der Waals surface area contributed by atoms with E-state index < -0.39 is 61.9 Å². The monoisotopic (exact) mass is 577 g/mol. The molecule has 214 valence electrons. The highest BCUT2D eigenvalue weighted by molar-refractivity contribution is 7.52. The Morgan fingerprint density at radius 3 is 2.75 bits per heavy atom. The Labute approximate surface area is 227 Å². The number of carbonyl (C=O) groups is 1. The lowest BCUT2D eigenvalue weighted by Crippen LogP contribution is -2.36. The van der Waals surface area contributed by atoms with Crippen molar-refractivity contribution in [3.8, 4) is 5.75 Å². The molecule has 5 atom stereocenters. The van der Waals surface area contributed by atoms with Crippen LogP contribution in [0.1, 0.15) is 32.4 Å². The molecule has 2 aliphatic rings. The Morgan fingerprint density at radius 1 is 1.23 bits per heavy atom. The quantitative estimate of drug-likeness (QED) is 0.229. The summed E-state index contributed by atoms with van der Waals surface area (Å²) in [6.07, 6.45) is -0.885. The van der Waals surface area contributed by atoms with Crippen molar-refractivity contribution >= 4 is 24.5 Å². The van der Waals surface area contributed by atoms with Gasteiger partial charge in [0.25, 0.3) is 5.56 Å². The topological polar surface area (TPSA) is 158 Å². The van der Waals surface area contributed by atoms with Gasteiger partial charge in [0.2, 0.25) is 5.82 Å². The summed E-state index contributed by atoms with van der Waals surface area (Å²) < 4.78 is 51.1. The van der Waals surface area contributed by atoms with Gasteiger partial charge in [0.1, 0.15) is 24.1 Å². The number of carbonyl (C=O) groups excluding carboxylic acids is 1. The van der Waals surface area contributed by atoms with E-state index in [0.29, 0.717) is 17.5 Å². The van der Waals surface area contributed by atoms with Gasteiger partial charge in [-0.3, -0.25) is 23.7 Å². The number of fused-ring (bicyclic) bond motifs is 1. The fraction of sp³-hybridized carbons (Fsp3) is 0.423. The Hall–Kier alpha value is -3.35. The predicted molar refractivity (Wildman–Crippen MR) is 140 cm³/mol. The standard InChI is InChI=1S/C26H29FN3O9P/c1-15(25(33)36-13-16-9-10-16)29-40(35,39-21-8-4-6-17-5-2-3-7-18(17)21)37-14-22-20(31)11-23(38-22)30-12-19(27)24(32)28-26(30)34/h2-8,12,15-16,20,22-23,31H,9-11,13-14H2,1H3,(H,29,35)(H,28,32,34)/t15-,20+,22?,23+,40?/m0/s1. The minimum absolute atomic E-state index is 0.134. The summed E-state index contributed by atoms with van der Waals surface area (Å²) in [5.41, 5.74) is -2.10. The van der Waals surface area contributed by atoms with Crippen LogP contribution in [0, 0.1) is 11.7 Å². The van der Waals surface area contributed by atoms with Gasteiger partial charge >= 0.3 is 19.4 Å². The second kappa shape index (κ2) is 11.6. The molecule has 1 saturated heterocycles. The number of hydrogen-bond donors (Lipinski definition) is 3. The number of halogens is 1. The summed E-state index contributed by atoms with van der Waals surface area (Å²) in [4.78, 5) is 37.9. The third-order valence-corrected chi connectivity index (χ3v) is 8.31. The molecule has 14 heteroatoms. The normalized spacial score (nSPS) is 23.0. The molecule has 12 nitrogen and oxygen atoms in total. The first-order valence-electron chi connectivity index (χ1n) is 12.8. The fourth-order valence-corrected chi connectivity index (χ4v) is 5.80. The molecule has 0 amide bonds. The van der Waals surface area contributed by atoms with Crippen LogP contribution in [0.3, 0.4) is 0 Å². The molecule has 3 N–H and O–H groups in total. The molecule has 2 unspecified atom stereocenters. The van der Waals surface area contributed by atoms with Crippen LogP contribution in [0.4, 0.5) is 4.39 Å². The number of benzene rings is 2. The number of nitrogens with one attached hydrogen (secondary N) is 2. The molecule has 0 radical (unpaired) electrons. The lowest BCUT2D eigenvalue weighted by atomic mass is 10.1. The summed E-state index contributed by atoms with van der Waals surface area (Å²) in [5, 5.41) is 14.6. The van der Waals surface area contributed by atoms with E-state index in [-0.39, 0.29) is 18.8 Å². The Morgan fingerprint density at radius 2 is 1.98 bits per heavy atom. The van der Waals surface area contributed by atoms with Crippen molar-refractivity contribution in [3.05, 3.63) is 75.3 Å².